The molecule has 0 fully saturated rings. The van der Waals surface area contributed by atoms with Crippen molar-refractivity contribution in [1.29, 1.82) is 5.26 Å². The zero-order valence-corrected chi connectivity index (χ0v) is 21.5. The first kappa shape index (κ1) is 23.0. The number of nitrogens with zero attached hydrogens (tertiary/aromatic N) is 6. The summed E-state index contributed by atoms with van der Waals surface area (Å²) in [4.78, 5) is 21.4. The summed E-state index contributed by atoms with van der Waals surface area (Å²) in [6, 6.07) is 16.5. The van der Waals surface area contributed by atoms with Gasteiger partial charge in [0.15, 0.2) is 5.65 Å². The molecule has 0 aliphatic heterocycles. The number of aromatic nitrogens is 5. The third-order valence-electron chi connectivity index (χ3n) is 5.84. The van der Waals surface area contributed by atoms with E-state index in [1.165, 1.54) is 36.5 Å². The van der Waals surface area contributed by atoms with Crippen LogP contribution in [0.25, 0.3) is 33.5 Å². The van der Waals surface area contributed by atoms with Crippen molar-refractivity contribution < 1.29 is 26.1 Å². The van der Waals surface area contributed by atoms with Crippen LogP contribution >= 0.6 is 0 Å². The highest BCUT2D eigenvalue weighted by molar-refractivity contribution is 7.90. The molecule has 4 heterocycles. The molecule has 0 aliphatic carbocycles. The maximum absolute atomic E-state index is 13.8. The minimum Gasteiger partial charge on any atom is -0.333 e. The zero-order chi connectivity index (χ0) is 31.2. The number of amides is 1. The Morgan fingerprint density at radius 3 is 2.58 bits per heavy atom. The van der Waals surface area contributed by atoms with Gasteiger partial charge in [0.25, 0.3) is 15.9 Å². The summed E-state index contributed by atoms with van der Waals surface area (Å²) in [7, 11) is -4.25. The van der Waals surface area contributed by atoms with Gasteiger partial charge >= 0.3 is 6.55 Å². The van der Waals surface area contributed by atoms with E-state index >= 15 is 0 Å². The number of alkyl halides is 2. The molecule has 0 bridgehead atoms. The van der Waals surface area contributed by atoms with Crippen LogP contribution in [0.4, 0.5) is 8.78 Å². The van der Waals surface area contributed by atoms with Crippen LogP contribution < -0.4 is 5.32 Å². The quantitative estimate of drug-likeness (QED) is 0.305. The SMILES string of the molecule is [2H]C([2H])([2H])C(C)(C#N)NC(=O)c1cccc(-c2cnc3c(c2)cc(-c2cnn(C(F)F)c2)n3S(=O)(=O)c2ccccc2)n1. The lowest BCUT2D eigenvalue weighted by molar-refractivity contribution is 0.0566. The average molecular weight is 565 g/mol. The summed E-state index contributed by atoms with van der Waals surface area (Å²) >= 11 is 0. The number of fused-ring (bicyclic) bond motifs is 1. The largest absolute Gasteiger partial charge is 0.333 e. The molecule has 5 rings (SSSR count). The van der Waals surface area contributed by atoms with E-state index in [0.717, 1.165) is 23.3 Å². The summed E-state index contributed by atoms with van der Waals surface area (Å²) in [5.74, 6) is -0.894. The standard InChI is InChI=1S/C27H21F2N7O3S/c1-27(2,16-30)34-25(37)22-10-6-9-21(33-22)18-11-17-12-23(19-14-32-35(15-19)26(28)29)36(24(17)31-13-18)40(38,39)20-7-4-3-5-8-20/h3-15,26H,1-2H3,(H,34,37)/i1D3. The van der Waals surface area contributed by atoms with Crippen molar-refractivity contribution in [2.24, 2.45) is 0 Å². The number of nitrogens with one attached hydrogen (secondary N) is 1. The van der Waals surface area contributed by atoms with E-state index in [9.17, 15) is 27.3 Å². The first-order valence-electron chi connectivity index (χ1n) is 13.1. The van der Waals surface area contributed by atoms with Gasteiger partial charge in [-0.1, -0.05) is 24.3 Å². The lowest BCUT2D eigenvalue weighted by atomic mass is 10.1. The molecule has 0 spiro atoms. The van der Waals surface area contributed by atoms with Gasteiger partial charge in [0.2, 0.25) is 0 Å². The van der Waals surface area contributed by atoms with Crippen LogP contribution in [0.2, 0.25) is 0 Å². The molecule has 1 amide bonds. The predicted octanol–water partition coefficient (Wildman–Crippen LogP) is 4.63. The molecule has 40 heavy (non-hydrogen) atoms. The number of carbonyl (C=O) groups is 1. The van der Waals surface area contributed by atoms with E-state index in [4.69, 9.17) is 4.11 Å². The van der Waals surface area contributed by atoms with Crippen molar-refractivity contribution >= 4 is 27.0 Å². The summed E-state index contributed by atoms with van der Waals surface area (Å²) < 4.78 is 78.2. The molecule has 0 radical (unpaired) electrons. The lowest BCUT2D eigenvalue weighted by Gasteiger charge is -2.17. The van der Waals surface area contributed by atoms with E-state index in [1.807, 2.05) is 0 Å². The van der Waals surface area contributed by atoms with Crippen LogP contribution in [0, 0.1) is 11.3 Å². The maximum atomic E-state index is 13.8. The fourth-order valence-electron chi connectivity index (χ4n) is 3.97. The van der Waals surface area contributed by atoms with Crippen molar-refractivity contribution in [3.8, 4) is 28.6 Å². The third-order valence-corrected chi connectivity index (χ3v) is 7.56. The summed E-state index contributed by atoms with van der Waals surface area (Å²) in [5.41, 5.74) is -1.59. The molecule has 0 saturated carbocycles. The number of carbonyl (C=O) groups excluding carboxylic acids is 1. The Kier molecular flexibility index (Phi) is 5.73. The molecule has 13 heteroatoms. The molecule has 1 aromatic carbocycles. The average Bonchev–Trinajstić information content (AvgIpc) is 3.62. The highest BCUT2D eigenvalue weighted by Gasteiger charge is 2.26. The number of pyridine rings is 2. The number of rotatable bonds is 7. The number of benzene rings is 1. The highest BCUT2D eigenvalue weighted by atomic mass is 32.2. The van der Waals surface area contributed by atoms with E-state index < -0.39 is 34.9 Å². The molecule has 0 aliphatic rings. The Morgan fingerprint density at radius 1 is 1.12 bits per heavy atom. The van der Waals surface area contributed by atoms with Crippen LogP contribution in [0.15, 0.2) is 84.1 Å². The monoisotopic (exact) mass is 564 g/mol. The topological polar surface area (TPSA) is 136 Å². The molecule has 10 nitrogen and oxygen atoms in total. The number of halogens is 2. The number of hydrogen-bond acceptors (Lipinski definition) is 7. The maximum Gasteiger partial charge on any atom is 0.333 e. The molecule has 1 atom stereocenters. The van der Waals surface area contributed by atoms with Crippen molar-refractivity contribution in [1.82, 2.24) is 29.0 Å². The predicted molar refractivity (Wildman–Crippen MR) is 142 cm³/mol. The molecule has 1 N–H and O–H groups in total. The fraction of sp³-hybridized carbons (Fsp3) is 0.148. The summed E-state index contributed by atoms with van der Waals surface area (Å²) in [6.45, 7) is -4.67. The third kappa shape index (κ3) is 4.92. The second kappa shape index (κ2) is 9.97. The second-order valence-corrected chi connectivity index (χ2v) is 10.6. The van der Waals surface area contributed by atoms with Crippen molar-refractivity contribution in [3.63, 3.8) is 0 Å². The van der Waals surface area contributed by atoms with Crippen molar-refractivity contribution in [2.75, 3.05) is 0 Å². The minimum atomic E-state index is -4.25. The lowest BCUT2D eigenvalue weighted by Crippen LogP contribution is -2.42. The highest BCUT2D eigenvalue weighted by Crippen LogP contribution is 2.33. The smallest absolute Gasteiger partial charge is 0.333 e. The van der Waals surface area contributed by atoms with Gasteiger partial charge in [-0.15, -0.1) is 0 Å². The van der Waals surface area contributed by atoms with Crippen molar-refractivity contribution in [3.05, 3.63) is 84.9 Å². The Labute approximate surface area is 231 Å². The molecular weight excluding hydrogens is 540 g/mol. The molecule has 4 aromatic heterocycles. The van der Waals surface area contributed by atoms with E-state index in [1.54, 1.807) is 36.4 Å². The minimum absolute atomic E-state index is 0.00348. The molecule has 0 saturated heterocycles. The zero-order valence-electron chi connectivity index (χ0n) is 23.7. The van der Waals surface area contributed by atoms with Gasteiger partial charge in [0.1, 0.15) is 11.2 Å². The van der Waals surface area contributed by atoms with Crippen molar-refractivity contribution in [2.45, 2.75) is 30.8 Å². The van der Waals surface area contributed by atoms with Crippen LogP contribution in [0.1, 0.15) is 34.9 Å². The Bertz CT molecular complexity index is 2010. The number of nitriles is 1. The van der Waals surface area contributed by atoms with Gasteiger partial charge in [-0.25, -0.2) is 27.0 Å². The van der Waals surface area contributed by atoms with Gasteiger partial charge in [0.05, 0.1) is 28.5 Å². The van der Waals surface area contributed by atoms with Crippen LogP contribution in [0.3, 0.4) is 0 Å². The fourth-order valence-corrected chi connectivity index (χ4v) is 5.48. The van der Waals surface area contributed by atoms with E-state index in [2.05, 4.69) is 20.4 Å². The Hall–Kier alpha value is -4.96. The summed E-state index contributed by atoms with van der Waals surface area (Å²) in [5, 5.41) is 15.5. The molecular formula is C27H21F2N7O3S. The Morgan fingerprint density at radius 2 is 1.90 bits per heavy atom. The van der Waals surface area contributed by atoms with E-state index in [0.29, 0.717) is 15.6 Å². The first-order chi connectivity index (χ1) is 20.2. The van der Waals surface area contributed by atoms with Gasteiger partial charge < -0.3 is 5.32 Å². The van der Waals surface area contributed by atoms with Crippen LogP contribution in [0.5, 0.6) is 0 Å². The Balaban J connectivity index is 1.61. The molecule has 5 aromatic rings. The summed E-state index contributed by atoms with van der Waals surface area (Å²) in [6.07, 6.45) is 3.47. The van der Waals surface area contributed by atoms with Gasteiger partial charge in [-0.05, 0) is 50.2 Å². The molecule has 1 unspecified atom stereocenters. The van der Waals surface area contributed by atoms with Crippen LogP contribution in [-0.2, 0) is 10.0 Å². The van der Waals surface area contributed by atoms with Gasteiger partial charge in [0, 0.05) is 33.0 Å². The van der Waals surface area contributed by atoms with Gasteiger partial charge in [-0.2, -0.15) is 19.1 Å². The number of hydrogen-bond donors (Lipinski definition) is 1. The van der Waals surface area contributed by atoms with Crippen LogP contribution in [-0.4, -0.2) is 43.6 Å². The first-order valence-corrected chi connectivity index (χ1v) is 13.1. The second-order valence-electron chi connectivity index (χ2n) is 8.83. The van der Waals surface area contributed by atoms with Gasteiger partial charge in [-0.3, -0.25) is 4.79 Å². The van der Waals surface area contributed by atoms with E-state index in [-0.39, 0.29) is 33.2 Å². The molecule has 202 valence electrons. The normalized spacial score (nSPS) is 14.6.